The van der Waals surface area contributed by atoms with Crippen LogP contribution in [0.25, 0.3) is 0 Å². The number of morpholine rings is 1. The second-order valence-corrected chi connectivity index (χ2v) is 10.4. The zero-order valence-electron chi connectivity index (χ0n) is 19.0. The summed E-state index contributed by atoms with van der Waals surface area (Å²) in [6.45, 7) is 7.44. The summed E-state index contributed by atoms with van der Waals surface area (Å²) >= 11 is 6.21. The van der Waals surface area contributed by atoms with Crippen LogP contribution >= 0.6 is 11.6 Å². The van der Waals surface area contributed by atoms with Crippen LogP contribution in [0.2, 0.25) is 5.02 Å². The van der Waals surface area contributed by atoms with Crippen molar-refractivity contribution < 1.29 is 17.5 Å². The number of H-pyrrole nitrogens is 1. The average Bonchev–Trinajstić information content (AvgIpc) is 3.35. The molecule has 34 heavy (non-hydrogen) atoms. The summed E-state index contributed by atoms with van der Waals surface area (Å²) in [6.07, 6.45) is 0. The number of sulfonamides is 1. The lowest BCUT2D eigenvalue weighted by Crippen LogP contribution is -2.38. The van der Waals surface area contributed by atoms with E-state index < -0.39 is 27.8 Å². The number of ether oxygens (including phenoxy) is 1. The Labute approximate surface area is 202 Å². The van der Waals surface area contributed by atoms with Crippen LogP contribution < -0.4 is 9.62 Å². The molecule has 182 valence electrons. The number of benzene rings is 2. The van der Waals surface area contributed by atoms with E-state index in [4.69, 9.17) is 16.3 Å². The minimum absolute atomic E-state index is 0.0564. The summed E-state index contributed by atoms with van der Waals surface area (Å²) in [4.78, 5) is 1.97. The standard InChI is InChI=1S/C22H26ClFN6O3S/c1-13-4-6-17(24)20(14(13)2)15(3)21(22-25-28-29-26-22)27-34(31,32)19-7-5-16(23)12-18(19)30-8-10-33-11-9-30/h4-7,12,15,21,27H,8-11H2,1-3H3,(H,25,26,28,29). The molecule has 1 saturated heterocycles. The van der Waals surface area contributed by atoms with E-state index >= 15 is 0 Å². The number of aryl methyl sites for hydroxylation is 1. The number of nitrogens with zero attached hydrogens (tertiary/aromatic N) is 4. The van der Waals surface area contributed by atoms with Gasteiger partial charge in [-0.25, -0.2) is 12.8 Å². The monoisotopic (exact) mass is 508 g/mol. The zero-order chi connectivity index (χ0) is 24.5. The number of anilines is 1. The fourth-order valence-corrected chi connectivity index (χ4v) is 5.86. The minimum Gasteiger partial charge on any atom is -0.378 e. The number of halogens is 2. The zero-order valence-corrected chi connectivity index (χ0v) is 20.6. The van der Waals surface area contributed by atoms with Gasteiger partial charge in [0.05, 0.1) is 24.9 Å². The van der Waals surface area contributed by atoms with Crippen molar-refractivity contribution >= 4 is 27.3 Å². The Balaban J connectivity index is 1.76. The van der Waals surface area contributed by atoms with Crippen molar-refractivity contribution in [1.29, 1.82) is 0 Å². The lowest BCUT2D eigenvalue weighted by molar-refractivity contribution is 0.122. The van der Waals surface area contributed by atoms with E-state index in [1.807, 2.05) is 18.7 Å². The molecule has 3 aromatic rings. The Hall–Kier alpha value is -2.60. The average molecular weight is 509 g/mol. The van der Waals surface area contributed by atoms with Crippen LogP contribution in [-0.2, 0) is 14.8 Å². The first-order chi connectivity index (χ1) is 16.2. The number of aromatic nitrogens is 4. The maximum Gasteiger partial charge on any atom is 0.243 e. The Morgan fingerprint density at radius 3 is 2.62 bits per heavy atom. The number of hydrogen-bond donors (Lipinski definition) is 2. The third-order valence-corrected chi connectivity index (χ3v) is 7.90. The molecule has 0 spiro atoms. The van der Waals surface area contributed by atoms with Crippen LogP contribution in [0.1, 0.15) is 41.4 Å². The number of aromatic amines is 1. The molecule has 0 radical (unpaired) electrons. The maximum absolute atomic E-state index is 14.9. The summed E-state index contributed by atoms with van der Waals surface area (Å²) in [5, 5.41) is 14.4. The predicted molar refractivity (Wildman–Crippen MR) is 126 cm³/mol. The summed E-state index contributed by atoms with van der Waals surface area (Å²) in [7, 11) is -4.11. The molecule has 1 aromatic heterocycles. The number of tetrazole rings is 1. The number of rotatable bonds is 7. The van der Waals surface area contributed by atoms with Gasteiger partial charge in [0, 0.05) is 24.0 Å². The topological polar surface area (TPSA) is 113 Å². The molecule has 0 bridgehead atoms. The first kappa shape index (κ1) is 24.5. The largest absolute Gasteiger partial charge is 0.378 e. The van der Waals surface area contributed by atoms with E-state index in [-0.39, 0.29) is 10.7 Å². The molecule has 1 aliphatic heterocycles. The Morgan fingerprint density at radius 2 is 1.94 bits per heavy atom. The molecule has 2 atom stereocenters. The summed E-state index contributed by atoms with van der Waals surface area (Å²) in [5.74, 6) is -0.950. The summed E-state index contributed by atoms with van der Waals surface area (Å²) in [6, 6.07) is 6.71. The second-order valence-electron chi connectivity index (χ2n) is 8.27. The molecule has 0 aliphatic carbocycles. The number of nitrogens with one attached hydrogen (secondary N) is 2. The van der Waals surface area contributed by atoms with Gasteiger partial charge >= 0.3 is 0 Å². The van der Waals surface area contributed by atoms with Gasteiger partial charge in [-0.3, -0.25) is 0 Å². The van der Waals surface area contributed by atoms with Gasteiger partial charge in [-0.1, -0.05) is 29.8 Å². The highest BCUT2D eigenvalue weighted by atomic mass is 35.5. The highest BCUT2D eigenvalue weighted by Crippen LogP contribution is 2.36. The first-order valence-corrected chi connectivity index (χ1v) is 12.7. The van der Waals surface area contributed by atoms with Crippen LogP contribution in [0.4, 0.5) is 10.1 Å². The van der Waals surface area contributed by atoms with Gasteiger partial charge in [0.1, 0.15) is 10.7 Å². The van der Waals surface area contributed by atoms with E-state index in [1.165, 1.54) is 18.2 Å². The van der Waals surface area contributed by atoms with Crippen molar-refractivity contribution in [2.24, 2.45) is 0 Å². The van der Waals surface area contributed by atoms with Crippen LogP contribution in [0.15, 0.2) is 35.2 Å². The third-order valence-electron chi connectivity index (χ3n) is 6.17. The van der Waals surface area contributed by atoms with E-state index in [0.717, 1.165) is 11.1 Å². The highest BCUT2D eigenvalue weighted by molar-refractivity contribution is 7.89. The fourth-order valence-electron chi connectivity index (χ4n) is 4.21. The quantitative estimate of drug-likeness (QED) is 0.503. The summed E-state index contributed by atoms with van der Waals surface area (Å²) in [5.41, 5.74) is 2.49. The van der Waals surface area contributed by atoms with Gasteiger partial charge in [0.15, 0.2) is 5.82 Å². The SMILES string of the molecule is Cc1ccc(F)c(C(C)C(NS(=O)(=O)c2ccc(Cl)cc2N2CCOCC2)c2nn[nH]n2)c1C. The van der Waals surface area contributed by atoms with Gasteiger partial charge in [-0.05, 0) is 54.8 Å². The molecule has 1 aliphatic rings. The third kappa shape index (κ3) is 4.92. The Morgan fingerprint density at radius 1 is 1.21 bits per heavy atom. The molecule has 2 aromatic carbocycles. The second kappa shape index (κ2) is 9.95. The van der Waals surface area contributed by atoms with Crippen molar-refractivity contribution in [3.05, 3.63) is 63.7 Å². The lowest BCUT2D eigenvalue weighted by Gasteiger charge is -2.31. The lowest BCUT2D eigenvalue weighted by atomic mass is 9.88. The van der Waals surface area contributed by atoms with Crippen molar-refractivity contribution in [3.8, 4) is 0 Å². The molecule has 2 N–H and O–H groups in total. The molecule has 2 heterocycles. The van der Waals surface area contributed by atoms with Crippen LogP contribution in [0.3, 0.4) is 0 Å². The van der Waals surface area contributed by atoms with E-state index in [0.29, 0.717) is 42.6 Å². The molecule has 1 fully saturated rings. The van der Waals surface area contributed by atoms with E-state index in [2.05, 4.69) is 25.3 Å². The molecule has 2 unspecified atom stereocenters. The van der Waals surface area contributed by atoms with Crippen molar-refractivity contribution in [2.75, 3.05) is 31.2 Å². The summed E-state index contributed by atoms with van der Waals surface area (Å²) < 4.78 is 50.4. The molecule has 0 amide bonds. The van der Waals surface area contributed by atoms with Crippen LogP contribution in [0, 0.1) is 19.7 Å². The molecule has 4 rings (SSSR count). The van der Waals surface area contributed by atoms with Crippen LogP contribution in [0.5, 0.6) is 0 Å². The molecule has 12 heteroatoms. The Kier molecular flexibility index (Phi) is 7.17. The van der Waals surface area contributed by atoms with Gasteiger partial charge in [0.25, 0.3) is 0 Å². The van der Waals surface area contributed by atoms with Gasteiger partial charge in [-0.2, -0.15) is 9.94 Å². The molecular weight excluding hydrogens is 483 g/mol. The molecular formula is C22H26ClFN6O3S. The normalized spacial score (nSPS) is 16.4. The van der Waals surface area contributed by atoms with Gasteiger partial charge in [0.2, 0.25) is 10.0 Å². The van der Waals surface area contributed by atoms with Crippen molar-refractivity contribution in [3.63, 3.8) is 0 Å². The molecule has 0 saturated carbocycles. The molecule has 9 nitrogen and oxygen atoms in total. The fraction of sp³-hybridized carbons (Fsp3) is 0.409. The van der Waals surface area contributed by atoms with Crippen molar-refractivity contribution in [2.45, 2.75) is 37.6 Å². The van der Waals surface area contributed by atoms with Crippen LogP contribution in [-0.4, -0.2) is 55.3 Å². The van der Waals surface area contributed by atoms with Gasteiger partial charge < -0.3 is 9.64 Å². The predicted octanol–water partition coefficient (Wildman–Crippen LogP) is 3.27. The smallest absolute Gasteiger partial charge is 0.243 e. The number of hydrogen-bond acceptors (Lipinski definition) is 7. The van der Waals surface area contributed by atoms with Gasteiger partial charge in [-0.15, -0.1) is 10.2 Å². The van der Waals surface area contributed by atoms with E-state index in [9.17, 15) is 12.8 Å². The maximum atomic E-state index is 14.9. The van der Waals surface area contributed by atoms with E-state index in [1.54, 1.807) is 19.1 Å². The minimum atomic E-state index is -4.11. The highest BCUT2D eigenvalue weighted by Gasteiger charge is 2.34. The Bertz CT molecular complexity index is 1270. The first-order valence-electron chi connectivity index (χ1n) is 10.8. The van der Waals surface area contributed by atoms with Crippen molar-refractivity contribution in [1.82, 2.24) is 25.3 Å².